The molecular weight excluding hydrogens is 1250 g/mol. The number of benzene rings is 12. The Kier molecular flexibility index (Phi) is 12.0. The summed E-state index contributed by atoms with van der Waals surface area (Å²) >= 11 is 0. The summed E-state index contributed by atoms with van der Waals surface area (Å²) in [5.41, 5.74) is 24.1. The fourth-order valence-electron chi connectivity index (χ4n) is 16.1. The lowest BCUT2D eigenvalue weighted by atomic mass is 9.91. The lowest BCUT2D eigenvalue weighted by Crippen LogP contribution is -1.93. The molecule has 0 saturated heterocycles. The number of para-hydroxylation sites is 3. The molecule has 0 radical (unpaired) electrons. The molecule has 10 nitrogen and oxygen atoms in total. The molecule has 22 aromatic rings. The number of aromatic nitrogens is 8. The third-order valence-electron chi connectivity index (χ3n) is 20.8. The molecular formula is C92H50N8O2. The maximum absolute atomic E-state index is 7.14. The molecule has 10 heteroatoms. The molecule has 22 rings (SSSR count). The number of hydrogen-bond donors (Lipinski definition) is 0. The number of fused-ring (bicyclic) bond motifs is 22. The predicted octanol–water partition coefficient (Wildman–Crippen LogP) is 23.8. The lowest BCUT2D eigenvalue weighted by molar-refractivity contribution is 0.672. The Bertz CT molecular complexity index is 7420. The second-order valence-electron chi connectivity index (χ2n) is 26.4. The molecule has 0 aliphatic rings. The molecule has 0 saturated carbocycles. The van der Waals surface area contributed by atoms with Crippen LogP contribution in [0.4, 0.5) is 0 Å². The highest BCUT2D eigenvalue weighted by Crippen LogP contribution is 2.47. The number of rotatable bonds is 7. The van der Waals surface area contributed by atoms with Gasteiger partial charge in [0.05, 0.1) is 66.9 Å². The van der Waals surface area contributed by atoms with Crippen LogP contribution in [-0.2, 0) is 0 Å². The van der Waals surface area contributed by atoms with Gasteiger partial charge in [-0.25, -0.2) is 19.9 Å². The summed E-state index contributed by atoms with van der Waals surface area (Å²) in [4.78, 5) is 41.1. The predicted molar refractivity (Wildman–Crippen MR) is 416 cm³/mol. The van der Waals surface area contributed by atoms with Gasteiger partial charge in [0.2, 0.25) is 0 Å². The molecule has 470 valence electrons. The molecule has 0 spiro atoms. The average Bonchev–Trinajstić information content (AvgIpc) is 1.47. The fourth-order valence-corrected chi connectivity index (χ4v) is 16.1. The summed E-state index contributed by atoms with van der Waals surface area (Å²) < 4.78 is 13.8. The molecule has 12 aromatic carbocycles. The van der Waals surface area contributed by atoms with E-state index in [1.54, 1.807) is 0 Å². The zero-order chi connectivity index (χ0) is 66.7. The van der Waals surface area contributed by atoms with E-state index in [9.17, 15) is 0 Å². The van der Waals surface area contributed by atoms with Gasteiger partial charge in [0.25, 0.3) is 0 Å². The highest BCUT2D eigenvalue weighted by atomic mass is 16.3. The van der Waals surface area contributed by atoms with Gasteiger partial charge in [-0.2, -0.15) is 0 Å². The van der Waals surface area contributed by atoms with E-state index in [1.165, 1.54) is 0 Å². The maximum Gasteiger partial charge on any atom is 0.144 e. The SMILES string of the molecule is c1cc(-c2ccc3cc(-c4cc5cccnc5c5nc(-c6ccc7c(c6)oc6c7ccc7c(-c8cccc(-c9ccc(-c%10cc%11cccnc%11c%11ncccc%10%11)c%10cccnc9%10)c8)nc8ccccc8c76)ccc45)ccc3n2)cc(-c2nc3ccccc3c3c2ccc2c4ccccc4oc23)c1. The van der Waals surface area contributed by atoms with E-state index in [4.69, 9.17) is 48.7 Å². The Balaban J connectivity index is 0.606. The highest BCUT2D eigenvalue weighted by molar-refractivity contribution is 6.27. The van der Waals surface area contributed by atoms with Crippen LogP contribution in [0.15, 0.2) is 313 Å². The smallest absolute Gasteiger partial charge is 0.144 e. The topological polar surface area (TPSA) is 129 Å². The van der Waals surface area contributed by atoms with Crippen molar-refractivity contribution in [3.05, 3.63) is 304 Å². The summed E-state index contributed by atoms with van der Waals surface area (Å²) in [6, 6.07) is 98.0. The van der Waals surface area contributed by atoms with Gasteiger partial charge >= 0.3 is 0 Å². The minimum absolute atomic E-state index is 0.770. The third-order valence-corrected chi connectivity index (χ3v) is 20.8. The number of nitrogens with zero attached hydrogens (tertiary/aromatic N) is 8. The molecule has 0 aliphatic carbocycles. The van der Waals surface area contributed by atoms with Crippen LogP contribution in [0, 0.1) is 0 Å². The van der Waals surface area contributed by atoms with Crippen molar-refractivity contribution >= 4 is 153 Å². The first-order valence-corrected chi connectivity index (χ1v) is 34.2. The normalized spacial score (nSPS) is 12.1. The zero-order valence-corrected chi connectivity index (χ0v) is 54.3. The third kappa shape index (κ3) is 8.53. The second-order valence-corrected chi connectivity index (χ2v) is 26.4. The van der Waals surface area contributed by atoms with Crippen molar-refractivity contribution in [1.29, 1.82) is 0 Å². The first-order valence-electron chi connectivity index (χ1n) is 34.2. The van der Waals surface area contributed by atoms with Gasteiger partial charge < -0.3 is 8.83 Å². The van der Waals surface area contributed by atoms with Crippen molar-refractivity contribution in [3.8, 4) is 78.4 Å². The molecule has 0 N–H and O–H groups in total. The monoisotopic (exact) mass is 1300 g/mol. The molecule has 10 heterocycles. The van der Waals surface area contributed by atoms with Gasteiger partial charge in [0.1, 0.15) is 22.3 Å². The van der Waals surface area contributed by atoms with Gasteiger partial charge in [-0.05, 0) is 149 Å². The summed E-state index contributed by atoms with van der Waals surface area (Å²) in [5, 5.41) is 16.6. The van der Waals surface area contributed by atoms with Gasteiger partial charge in [0, 0.05) is 139 Å². The highest BCUT2D eigenvalue weighted by Gasteiger charge is 2.23. The molecule has 0 amide bonds. The Hall–Kier alpha value is -14.0. The van der Waals surface area contributed by atoms with Crippen LogP contribution >= 0.6 is 0 Å². The van der Waals surface area contributed by atoms with E-state index in [0.29, 0.717) is 0 Å². The first-order chi connectivity index (χ1) is 50.5. The number of hydrogen-bond acceptors (Lipinski definition) is 10. The van der Waals surface area contributed by atoms with E-state index in [0.717, 1.165) is 231 Å². The van der Waals surface area contributed by atoms with Crippen LogP contribution in [0.2, 0.25) is 0 Å². The molecule has 0 aliphatic heterocycles. The summed E-state index contributed by atoms with van der Waals surface area (Å²) in [5.74, 6) is 0. The van der Waals surface area contributed by atoms with Crippen LogP contribution < -0.4 is 0 Å². The molecule has 102 heavy (non-hydrogen) atoms. The Labute approximate surface area is 580 Å². The van der Waals surface area contributed by atoms with Crippen molar-refractivity contribution in [2.24, 2.45) is 0 Å². The first kappa shape index (κ1) is 56.1. The Morgan fingerprint density at radius 2 is 0.706 bits per heavy atom. The summed E-state index contributed by atoms with van der Waals surface area (Å²) in [7, 11) is 0. The quantitative estimate of drug-likeness (QED) is 0.142. The van der Waals surface area contributed by atoms with E-state index < -0.39 is 0 Å². The minimum atomic E-state index is 0.770. The Morgan fingerprint density at radius 1 is 0.216 bits per heavy atom. The van der Waals surface area contributed by atoms with Gasteiger partial charge in [-0.1, -0.05) is 158 Å². The molecule has 0 bridgehead atoms. The fraction of sp³-hybridized carbons (Fsp3) is 0. The minimum Gasteiger partial charge on any atom is -0.455 e. The summed E-state index contributed by atoms with van der Waals surface area (Å²) in [6.45, 7) is 0. The Morgan fingerprint density at radius 3 is 1.44 bits per heavy atom. The van der Waals surface area contributed by atoms with Crippen LogP contribution in [-0.4, -0.2) is 39.9 Å². The zero-order valence-electron chi connectivity index (χ0n) is 54.3. The average molecular weight is 1300 g/mol. The van der Waals surface area contributed by atoms with Crippen LogP contribution in [0.5, 0.6) is 0 Å². The van der Waals surface area contributed by atoms with Crippen LogP contribution in [0.1, 0.15) is 0 Å². The van der Waals surface area contributed by atoms with E-state index in [-0.39, 0.29) is 0 Å². The lowest BCUT2D eigenvalue weighted by Gasteiger charge is -2.15. The molecule has 0 unspecified atom stereocenters. The standard InChI is InChI=1S/C92H50N8O2/c1-4-24-78-69(20-1)82-71(35-33-67-62-19-3-6-26-80(62)101-91(67)82)85(100-78)57-16-8-14-53(47-57)75-39-29-54-45-52(28-38-76(54)97-75)73-48-58-17-9-42-94-87(58)90-66(73)37-40-77(98-90)55-27-30-63-68-34-36-72-83(92(68)102-81(63)50-55)70-21-2-5-25-79(70)99-84(72)56-15-7-13-51(46-56)60-31-32-61(64-22-11-43-95-88(60)64)74-49-59-18-10-41-93-86(59)89-65(74)23-12-44-96-89/h1-50H. The number of pyridine rings is 8. The summed E-state index contributed by atoms with van der Waals surface area (Å²) in [6.07, 6.45) is 7.39. The largest absolute Gasteiger partial charge is 0.455 e. The van der Waals surface area contributed by atoms with Crippen molar-refractivity contribution in [2.45, 2.75) is 0 Å². The molecule has 0 fully saturated rings. The van der Waals surface area contributed by atoms with Crippen LogP contribution in [0.3, 0.4) is 0 Å². The van der Waals surface area contributed by atoms with Crippen LogP contribution in [0.25, 0.3) is 231 Å². The second kappa shape index (κ2) is 21.8. The van der Waals surface area contributed by atoms with Crippen molar-refractivity contribution in [1.82, 2.24) is 39.9 Å². The maximum atomic E-state index is 7.14. The van der Waals surface area contributed by atoms with Crippen molar-refractivity contribution in [3.63, 3.8) is 0 Å². The van der Waals surface area contributed by atoms with E-state index in [1.807, 2.05) is 67.3 Å². The van der Waals surface area contributed by atoms with Crippen molar-refractivity contribution in [2.75, 3.05) is 0 Å². The molecule has 0 atom stereocenters. The van der Waals surface area contributed by atoms with Gasteiger partial charge in [-0.15, -0.1) is 0 Å². The van der Waals surface area contributed by atoms with E-state index in [2.05, 4.69) is 237 Å². The van der Waals surface area contributed by atoms with Gasteiger partial charge in [-0.3, -0.25) is 19.9 Å². The van der Waals surface area contributed by atoms with Crippen molar-refractivity contribution < 1.29 is 8.83 Å². The molecule has 10 aromatic heterocycles. The van der Waals surface area contributed by atoms with E-state index >= 15 is 0 Å². The van der Waals surface area contributed by atoms with Gasteiger partial charge in [0.15, 0.2) is 0 Å². The number of furan rings is 2.